The van der Waals surface area contributed by atoms with Gasteiger partial charge in [0.25, 0.3) is 0 Å². The van der Waals surface area contributed by atoms with Crippen LogP contribution in [0, 0.1) is 0 Å². The number of hydrogen-bond donors (Lipinski definition) is 3. The monoisotopic (exact) mass is 271 g/mol. The van der Waals surface area contributed by atoms with Crippen LogP contribution < -0.4 is 15.8 Å². The highest BCUT2D eigenvalue weighted by atomic mass is 32.2. The van der Waals surface area contributed by atoms with Crippen molar-refractivity contribution in [3.63, 3.8) is 0 Å². The van der Waals surface area contributed by atoms with Crippen molar-refractivity contribution in [1.29, 1.82) is 0 Å². The van der Waals surface area contributed by atoms with Crippen LogP contribution in [-0.4, -0.2) is 27.4 Å². The minimum atomic E-state index is -3.83. The number of carbonyl (C=O) groups excluding carboxylic acids is 1. The van der Waals surface area contributed by atoms with E-state index in [1.54, 1.807) is 12.1 Å². The highest BCUT2D eigenvalue weighted by Crippen LogP contribution is 2.19. The van der Waals surface area contributed by atoms with Crippen molar-refractivity contribution in [3.05, 3.63) is 24.3 Å². The second kappa shape index (κ2) is 6.48. The summed E-state index contributed by atoms with van der Waals surface area (Å²) < 4.78 is 22.6. The van der Waals surface area contributed by atoms with E-state index in [2.05, 4.69) is 10.6 Å². The van der Waals surface area contributed by atoms with Gasteiger partial charge in [-0.2, -0.15) is 0 Å². The van der Waals surface area contributed by atoms with Gasteiger partial charge in [0.05, 0.1) is 5.69 Å². The highest BCUT2D eigenvalue weighted by Gasteiger charge is 2.14. The zero-order chi connectivity index (χ0) is 13.6. The molecule has 0 aromatic heterocycles. The number of amides is 1. The Morgan fingerprint density at radius 1 is 1.33 bits per heavy atom. The third kappa shape index (κ3) is 4.44. The van der Waals surface area contributed by atoms with Gasteiger partial charge in [-0.25, -0.2) is 13.6 Å². The second-order valence-electron chi connectivity index (χ2n) is 3.69. The largest absolute Gasteiger partial charge is 0.325 e. The maximum atomic E-state index is 11.6. The lowest BCUT2D eigenvalue weighted by molar-refractivity contribution is -0.116. The number of anilines is 1. The summed E-state index contributed by atoms with van der Waals surface area (Å²) in [6.07, 6.45) is 0.271. The Labute approximate surface area is 107 Å². The number of nitrogens with one attached hydrogen (secondary N) is 2. The van der Waals surface area contributed by atoms with Gasteiger partial charge in [0.1, 0.15) is 4.90 Å². The summed E-state index contributed by atoms with van der Waals surface area (Å²) >= 11 is 0. The van der Waals surface area contributed by atoms with Gasteiger partial charge in [0.15, 0.2) is 0 Å². The number of nitrogens with two attached hydrogens (primary N) is 1. The molecule has 0 saturated carbocycles. The molecule has 6 nitrogen and oxygen atoms in total. The molecule has 0 spiro atoms. The summed E-state index contributed by atoms with van der Waals surface area (Å²) in [7, 11) is -3.83. The molecule has 7 heteroatoms. The summed E-state index contributed by atoms with van der Waals surface area (Å²) in [6.45, 7) is 3.26. The third-order valence-corrected chi connectivity index (χ3v) is 3.22. The van der Waals surface area contributed by atoms with Crippen LogP contribution in [0.4, 0.5) is 5.69 Å². The molecule has 1 amide bonds. The number of benzene rings is 1. The van der Waals surface area contributed by atoms with Crippen molar-refractivity contribution in [2.45, 2.75) is 18.2 Å². The van der Waals surface area contributed by atoms with Gasteiger partial charge < -0.3 is 10.6 Å². The molecule has 0 atom stereocenters. The Hall–Kier alpha value is -1.44. The predicted octanol–water partition coefficient (Wildman–Crippen LogP) is 0.272. The minimum Gasteiger partial charge on any atom is -0.325 e. The summed E-state index contributed by atoms with van der Waals surface area (Å²) in [6, 6.07) is 6.04. The molecule has 0 aliphatic rings. The standard InChI is InChI=1S/C11H17N3O3S/c1-2-13-8-7-11(15)14-9-5-3-4-6-10(9)18(12,16)17/h3-6,13H,2,7-8H2,1H3,(H,14,15)(H2,12,16,17). The lowest BCUT2D eigenvalue weighted by Crippen LogP contribution is -2.23. The van der Waals surface area contributed by atoms with Crippen LogP contribution in [0.3, 0.4) is 0 Å². The van der Waals surface area contributed by atoms with Crippen LogP contribution in [-0.2, 0) is 14.8 Å². The van der Waals surface area contributed by atoms with Crippen LogP contribution in [0.5, 0.6) is 0 Å². The fourth-order valence-corrected chi connectivity index (χ4v) is 2.10. The summed E-state index contributed by atoms with van der Waals surface area (Å²) in [5, 5.41) is 10.6. The lowest BCUT2D eigenvalue weighted by Gasteiger charge is -2.09. The van der Waals surface area contributed by atoms with E-state index in [1.165, 1.54) is 12.1 Å². The van der Waals surface area contributed by atoms with Gasteiger partial charge in [-0.1, -0.05) is 19.1 Å². The van der Waals surface area contributed by atoms with E-state index in [0.29, 0.717) is 6.54 Å². The molecule has 0 unspecified atom stereocenters. The molecule has 1 aromatic rings. The topological polar surface area (TPSA) is 101 Å². The molecule has 100 valence electrons. The van der Waals surface area contributed by atoms with Gasteiger partial charge in [0.2, 0.25) is 15.9 Å². The number of sulfonamides is 1. The Bertz CT molecular complexity index is 514. The van der Waals surface area contributed by atoms with Crippen molar-refractivity contribution in [1.82, 2.24) is 5.32 Å². The van der Waals surface area contributed by atoms with Crippen LogP contribution >= 0.6 is 0 Å². The Balaban J connectivity index is 2.76. The average Bonchev–Trinajstić information content (AvgIpc) is 2.28. The summed E-state index contributed by atoms with van der Waals surface area (Å²) in [4.78, 5) is 11.5. The van der Waals surface area contributed by atoms with Gasteiger partial charge in [0, 0.05) is 13.0 Å². The van der Waals surface area contributed by atoms with E-state index < -0.39 is 10.0 Å². The van der Waals surface area contributed by atoms with E-state index in [0.717, 1.165) is 6.54 Å². The number of rotatable bonds is 6. The zero-order valence-electron chi connectivity index (χ0n) is 10.1. The molecule has 0 bridgehead atoms. The molecular formula is C11H17N3O3S. The van der Waals surface area contributed by atoms with E-state index in [9.17, 15) is 13.2 Å². The molecule has 0 heterocycles. The second-order valence-corrected chi connectivity index (χ2v) is 5.22. The first kappa shape index (κ1) is 14.6. The number of carbonyl (C=O) groups is 1. The van der Waals surface area contributed by atoms with Gasteiger partial charge >= 0.3 is 0 Å². The van der Waals surface area contributed by atoms with E-state index >= 15 is 0 Å². The quantitative estimate of drug-likeness (QED) is 0.646. The van der Waals surface area contributed by atoms with Crippen LogP contribution in [0.15, 0.2) is 29.2 Å². The Morgan fingerprint density at radius 3 is 2.61 bits per heavy atom. The van der Waals surface area contributed by atoms with Crippen molar-refractivity contribution in [2.75, 3.05) is 18.4 Å². The first-order valence-corrected chi connectivity index (χ1v) is 7.12. The van der Waals surface area contributed by atoms with E-state index in [-0.39, 0.29) is 22.9 Å². The minimum absolute atomic E-state index is 0.0817. The Morgan fingerprint density at radius 2 is 2.00 bits per heavy atom. The number of hydrogen-bond acceptors (Lipinski definition) is 4. The molecule has 0 fully saturated rings. The van der Waals surface area contributed by atoms with Gasteiger partial charge in [-0.05, 0) is 18.7 Å². The molecular weight excluding hydrogens is 254 g/mol. The maximum Gasteiger partial charge on any atom is 0.240 e. The molecule has 0 aliphatic carbocycles. The van der Waals surface area contributed by atoms with Gasteiger partial charge in [-0.15, -0.1) is 0 Å². The van der Waals surface area contributed by atoms with Crippen LogP contribution in [0.2, 0.25) is 0 Å². The molecule has 0 saturated heterocycles. The van der Waals surface area contributed by atoms with Crippen molar-refractivity contribution in [2.24, 2.45) is 5.14 Å². The maximum absolute atomic E-state index is 11.6. The Kier molecular flexibility index (Phi) is 5.26. The predicted molar refractivity (Wildman–Crippen MR) is 69.6 cm³/mol. The molecule has 0 radical (unpaired) electrons. The van der Waals surface area contributed by atoms with Crippen molar-refractivity contribution >= 4 is 21.6 Å². The summed E-state index contributed by atoms with van der Waals surface area (Å²) in [5.74, 6) is -0.257. The first-order valence-electron chi connectivity index (χ1n) is 5.57. The SMILES string of the molecule is CCNCCC(=O)Nc1ccccc1S(N)(=O)=O. The average molecular weight is 271 g/mol. The van der Waals surface area contributed by atoms with Crippen molar-refractivity contribution < 1.29 is 13.2 Å². The fraction of sp³-hybridized carbons (Fsp3) is 0.364. The molecule has 18 heavy (non-hydrogen) atoms. The molecule has 4 N–H and O–H groups in total. The van der Waals surface area contributed by atoms with E-state index in [1.807, 2.05) is 6.92 Å². The number of primary sulfonamides is 1. The zero-order valence-corrected chi connectivity index (χ0v) is 11.0. The fourth-order valence-electron chi connectivity index (χ4n) is 1.41. The first-order chi connectivity index (χ1) is 8.45. The molecule has 1 aromatic carbocycles. The third-order valence-electron chi connectivity index (χ3n) is 2.25. The van der Waals surface area contributed by atoms with Crippen molar-refractivity contribution in [3.8, 4) is 0 Å². The van der Waals surface area contributed by atoms with E-state index in [4.69, 9.17) is 5.14 Å². The van der Waals surface area contributed by atoms with Gasteiger partial charge in [-0.3, -0.25) is 4.79 Å². The smallest absolute Gasteiger partial charge is 0.240 e. The normalized spacial score (nSPS) is 11.2. The molecule has 1 rings (SSSR count). The lowest BCUT2D eigenvalue weighted by atomic mass is 10.3. The highest BCUT2D eigenvalue weighted by molar-refractivity contribution is 7.89. The summed E-state index contributed by atoms with van der Waals surface area (Å²) in [5.41, 5.74) is 0.210. The molecule has 0 aliphatic heterocycles. The van der Waals surface area contributed by atoms with Crippen LogP contribution in [0.1, 0.15) is 13.3 Å². The number of para-hydroxylation sites is 1. The van der Waals surface area contributed by atoms with Crippen LogP contribution in [0.25, 0.3) is 0 Å².